The Morgan fingerprint density at radius 1 is 1.00 bits per heavy atom. The van der Waals surface area contributed by atoms with Gasteiger partial charge in [-0.25, -0.2) is 0 Å². The Balaban J connectivity index is 0. The van der Waals surface area contributed by atoms with Crippen molar-refractivity contribution in [3.63, 3.8) is 0 Å². The van der Waals surface area contributed by atoms with Crippen molar-refractivity contribution in [2.45, 2.75) is 17.1 Å². The molecule has 0 heterocycles. The maximum absolute atomic E-state index is 2.31. The van der Waals surface area contributed by atoms with Crippen molar-refractivity contribution in [2.24, 2.45) is 0 Å². The first-order chi connectivity index (χ1) is 1.73. The third-order valence-corrected chi connectivity index (χ3v) is 0. The van der Waals surface area contributed by atoms with Gasteiger partial charge in [0.25, 0.3) is 0 Å². The second-order valence-electron chi connectivity index (χ2n) is 1.34. The van der Waals surface area contributed by atoms with Gasteiger partial charge in [0.1, 0.15) is 0 Å². The minimum absolute atomic E-state index is 0. The zero-order chi connectivity index (χ0) is 3.58. The molecule has 2 heteroatoms. The van der Waals surface area contributed by atoms with E-state index < -0.39 is 0 Å². The van der Waals surface area contributed by atoms with Crippen LogP contribution in [0.3, 0.4) is 0 Å². The Bertz CT molecular complexity index is 11.6. The molecule has 0 saturated carbocycles. The minimum atomic E-state index is -0.188. The first kappa shape index (κ1) is 9.16. The molecule has 3 radical (unpaired) electrons. The van der Waals surface area contributed by atoms with E-state index in [9.17, 15) is 0 Å². The molecule has 0 amide bonds. The third-order valence-electron chi connectivity index (χ3n) is 0. The van der Waals surface area contributed by atoms with Crippen molar-refractivity contribution in [2.75, 3.05) is 0 Å². The second kappa shape index (κ2) is 4.62. The van der Waals surface area contributed by atoms with E-state index in [0.29, 0.717) is 0 Å². The smallest absolute Gasteiger partial charge is 0 e. The van der Waals surface area contributed by atoms with Crippen LogP contribution in [0, 0.1) is 0 Å². The Labute approximate surface area is 40.8 Å². The first-order valence-corrected chi connectivity index (χ1v) is 6.97. The number of hydrogen-bond donors (Lipinski definition) is 0. The van der Waals surface area contributed by atoms with Crippen molar-refractivity contribution < 1.29 is 0 Å². The van der Waals surface area contributed by atoms with E-state index in [0.717, 1.165) is 0 Å². The molecule has 0 rings (SSSR count). The molecule has 0 spiro atoms. The molecule has 0 atom stereocenters. The molecule has 0 aliphatic carbocycles. The van der Waals surface area contributed by atoms with Gasteiger partial charge in [-0.3, -0.25) is 0 Å². The van der Waals surface area contributed by atoms with Crippen LogP contribution in [0.5, 0.6) is 0 Å². The van der Waals surface area contributed by atoms with Gasteiger partial charge in [0, 0.05) is 8.41 Å². The summed E-state index contributed by atoms with van der Waals surface area (Å²) in [6, 6.07) is 0. The summed E-state index contributed by atoms with van der Waals surface area (Å²) in [6.07, 6.45) is 0. The Kier molecular flexibility index (Phi) is 8.47. The van der Waals surface area contributed by atoms with E-state index >= 15 is 0 Å². The van der Waals surface area contributed by atoms with Crippen LogP contribution in [0.15, 0.2) is 0 Å². The van der Waals surface area contributed by atoms with E-state index in [4.69, 9.17) is 0 Å². The minimum Gasteiger partial charge on any atom is 0 e. The van der Waals surface area contributed by atoms with Gasteiger partial charge < -0.3 is 0 Å². The second-order valence-corrected chi connectivity index (χ2v) is 6.97. The SMILES string of the molecule is C[As](C)C.[B]. The quantitative estimate of drug-likeness (QED) is 0.430. The van der Waals surface area contributed by atoms with Gasteiger partial charge in [-0.2, -0.15) is 0 Å². The first-order valence-electron chi connectivity index (χ1n) is 1.34. The predicted octanol–water partition coefficient (Wildman–Crippen LogP) is 0.990. The van der Waals surface area contributed by atoms with Crippen LogP contribution >= 0.6 is 0 Å². The Morgan fingerprint density at radius 2 is 1.00 bits per heavy atom. The van der Waals surface area contributed by atoms with E-state index in [-0.39, 0.29) is 23.1 Å². The van der Waals surface area contributed by atoms with Crippen molar-refractivity contribution in [1.82, 2.24) is 0 Å². The fourth-order valence-corrected chi connectivity index (χ4v) is 0. The topological polar surface area (TPSA) is 0 Å². The van der Waals surface area contributed by atoms with Crippen LogP contribution in [0.2, 0.25) is 17.1 Å². The molecule has 0 aromatic heterocycles. The fraction of sp³-hybridized carbons (Fsp3) is 1.00. The molecule has 5 heavy (non-hydrogen) atoms. The van der Waals surface area contributed by atoms with Crippen molar-refractivity contribution in [3.8, 4) is 0 Å². The van der Waals surface area contributed by atoms with E-state index in [2.05, 4.69) is 17.1 Å². The maximum atomic E-state index is 2.31. The molecular formula is C3H9AsB. The summed E-state index contributed by atoms with van der Waals surface area (Å²) in [5, 5.41) is 0. The summed E-state index contributed by atoms with van der Waals surface area (Å²) >= 11 is -0.188. The fourth-order valence-electron chi connectivity index (χ4n) is 0. The van der Waals surface area contributed by atoms with Gasteiger partial charge in [0.05, 0.1) is 0 Å². The summed E-state index contributed by atoms with van der Waals surface area (Å²) in [7, 11) is 0. The molecule has 0 aromatic rings. The van der Waals surface area contributed by atoms with Crippen LogP contribution in [0.1, 0.15) is 0 Å². The third kappa shape index (κ3) is 81.9. The summed E-state index contributed by atoms with van der Waals surface area (Å²) in [6.45, 7) is 0. The van der Waals surface area contributed by atoms with Crippen LogP contribution < -0.4 is 0 Å². The van der Waals surface area contributed by atoms with Gasteiger partial charge in [-0.15, -0.1) is 0 Å². The molecule has 0 fully saturated rings. The van der Waals surface area contributed by atoms with Crippen LogP contribution in [-0.4, -0.2) is 23.1 Å². The summed E-state index contributed by atoms with van der Waals surface area (Å²) in [5.41, 5.74) is 6.94. The molecule has 0 N–H and O–H groups in total. The molecule has 0 nitrogen and oxygen atoms in total. The standard InChI is InChI=1S/C3H9As.B/c1-4(2)3;/h1-3H3;. The van der Waals surface area contributed by atoms with Gasteiger partial charge in [-0.1, -0.05) is 0 Å². The molecule has 0 aromatic carbocycles. The van der Waals surface area contributed by atoms with Crippen molar-refractivity contribution in [1.29, 1.82) is 0 Å². The van der Waals surface area contributed by atoms with E-state index in [1.165, 1.54) is 0 Å². The molecule has 0 bridgehead atoms. The largest absolute Gasteiger partial charge is 0 e. The summed E-state index contributed by atoms with van der Waals surface area (Å²) < 4.78 is 0. The van der Waals surface area contributed by atoms with Gasteiger partial charge in [0.15, 0.2) is 0 Å². The number of hydrogen-bond acceptors (Lipinski definition) is 0. The zero-order valence-corrected chi connectivity index (χ0v) is 5.90. The maximum Gasteiger partial charge on any atom is 0 e. The van der Waals surface area contributed by atoms with E-state index in [1.54, 1.807) is 0 Å². The molecule has 0 aliphatic rings. The predicted molar refractivity (Wildman–Crippen MR) is 29.1 cm³/mol. The van der Waals surface area contributed by atoms with Crippen LogP contribution in [0.4, 0.5) is 0 Å². The Hall–Kier alpha value is 0.623. The van der Waals surface area contributed by atoms with Crippen LogP contribution in [-0.2, 0) is 0 Å². The average molecular weight is 131 g/mol. The Morgan fingerprint density at radius 3 is 1.00 bits per heavy atom. The number of rotatable bonds is 0. The van der Waals surface area contributed by atoms with E-state index in [1.807, 2.05) is 0 Å². The molecule has 29 valence electrons. The monoisotopic (exact) mass is 131 g/mol. The van der Waals surface area contributed by atoms with Crippen molar-refractivity contribution in [3.05, 3.63) is 0 Å². The molecular weight excluding hydrogens is 122 g/mol. The average Bonchev–Trinajstić information content (AvgIpc) is 0.811. The molecule has 0 saturated heterocycles. The van der Waals surface area contributed by atoms with Gasteiger partial charge >= 0.3 is 31.8 Å². The zero-order valence-electron chi connectivity index (χ0n) is 4.02. The summed E-state index contributed by atoms with van der Waals surface area (Å²) in [4.78, 5) is 0. The van der Waals surface area contributed by atoms with Crippen molar-refractivity contribution >= 4 is 23.1 Å². The van der Waals surface area contributed by atoms with Gasteiger partial charge in [0.2, 0.25) is 0 Å². The normalized spacial score (nSPS) is 7.20. The van der Waals surface area contributed by atoms with Crippen LogP contribution in [0.25, 0.3) is 0 Å². The molecule has 0 aliphatic heterocycles. The summed E-state index contributed by atoms with van der Waals surface area (Å²) in [5.74, 6) is 0. The molecule has 0 unspecified atom stereocenters. The van der Waals surface area contributed by atoms with Gasteiger partial charge in [-0.05, 0) is 0 Å².